The van der Waals surface area contributed by atoms with Crippen molar-refractivity contribution in [2.75, 3.05) is 22.1 Å². The van der Waals surface area contributed by atoms with Crippen LogP contribution in [0.2, 0.25) is 0 Å². The Bertz CT molecular complexity index is 1750. The fourth-order valence-corrected chi connectivity index (χ4v) is 5.99. The molecule has 4 atom stereocenters. The van der Waals surface area contributed by atoms with Crippen LogP contribution in [0.3, 0.4) is 0 Å². The number of nitrogens with two attached hydrogens (primary N) is 3. The molecule has 0 bridgehead atoms. The molecule has 2 heterocycles. The summed E-state index contributed by atoms with van der Waals surface area (Å²) in [5.41, 5.74) is 19.5. The van der Waals surface area contributed by atoms with Gasteiger partial charge in [0.15, 0.2) is 0 Å². The van der Waals surface area contributed by atoms with Crippen LogP contribution in [0.25, 0.3) is 0 Å². The summed E-state index contributed by atoms with van der Waals surface area (Å²) in [6.45, 7) is 16.0. The normalized spacial score (nSPS) is 17.5. The number of nitrogen functional groups attached to an aromatic ring is 2. The van der Waals surface area contributed by atoms with Gasteiger partial charge in [-0.2, -0.15) is 0 Å². The first-order valence-electron chi connectivity index (χ1n) is 18.5. The molecule has 0 radical (unpaired) electrons. The highest BCUT2D eigenvalue weighted by atomic mass is 16.6. The van der Waals surface area contributed by atoms with Gasteiger partial charge in [-0.3, -0.25) is 24.0 Å². The molecule has 4 rings (SSSR count). The van der Waals surface area contributed by atoms with Crippen LogP contribution in [0.5, 0.6) is 0 Å². The van der Waals surface area contributed by atoms with Crippen LogP contribution in [-0.2, 0) is 41.6 Å². The molecule has 2 aliphatic heterocycles. The van der Waals surface area contributed by atoms with Crippen LogP contribution < -0.4 is 49.1 Å². The minimum Gasteiger partial charge on any atom is -0.444 e. The molecule has 2 unspecified atom stereocenters. The number of hydrogen-bond donors (Lipinski definition) is 9. The predicted molar refractivity (Wildman–Crippen MR) is 213 cm³/mol. The van der Waals surface area contributed by atoms with Crippen LogP contribution in [0.1, 0.15) is 86.3 Å². The summed E-state index contributed by atoms with van der Waals surface area (Å²) >= 11 is 0. The molecule has 16 nitrogen and oxygen atoms in total. The summed E-state index contributed by atoms with van der Waals surface area (Å²) in [6, 6.07) is 7.85. The number of para-hydroxylation sites is 2. The molecule has 0 aliphatic carbocycles. The lowest BCUT2D eigenvalue weighted by Gasteiger charge is -2.31. The van der Waals surface area contributed by atoms with E-state index in [2.05, 4.69) is 31.9 Å². The van der Waals surface area contributed by atoms with Crippen LogP contribution in [0.4, 0.5) is 27.5 Å². The lowest BCUT2D eigenvalue weighted by Crippen LogP contribution is -2.61. The molecule has 2 aliphatic rings. The Labute approximate surface area is 323 Å². The number of nitrogens with one attached hydrogen (secondary N) is 6. The molecular weight excluding hydrogens is 706 g/mol. The number of anilines is 4. The van der Waals surface area contributed by atoms with E-state index in [9.17, 15) is 28.8 Å². The van der Waals surface area contributed by atoms with Crippen molar-refractivity contribution in [2.24, 2.45) is 17.6 Å². The quantitative estimate of drug-likeness (QED) is 0.151. The lowest BCUT2D eigenvalue weighted by molar-refractivity contribution is -0.133. The fourth-order valence-electron chi connectivity index (χ4n) is 5.99. The van der Waals surface area contributed by atoms with Gasteiger partial charge in [-0.25, -0.2) is 4.79 Å². The average Bonchev–Trinajstić information content (AvgIpc) is 3.04. The summed E-state index contributed by atoms with van der Waals surface area (Å²) in [4.78, 5) is 74.9. The van der Waals surface area contributed by atoms with Gasteiger partial charge in [-0.1, -0.05) is 52.0 Å². The van der Waals surface area contributed by atoms with E-state index >= 15 is 0 Å². The molecule has 0 saturated heterocycles. The van der Waals surface area contributed by atoms with E-state index < -0.39 is 53.2 Å². The van der Waals surface area contributed by atoms with E-state index in [1.807, 2.05) is 45.9 Å². The second-order valence-electron chi connectivity index (χ2n) is 16.4. The number of alkyl carbamates (subject to hydrolysis) is 1. The number of amides is 6. The molecule has 2 aromatic carbocycles. The topological polar surface area (TPSA) is 262 Å². The van der Waals surface area contributed by atoms with Gasteiger partial charge in [0, 0.05) is 12.8 Å². The maximum Gasteiger partial charge on any atom is 0.408 e. The SMILES string of the molecule is CC(C)C[C@@H](N)C(=O)NC1Cc2cccc(N)c2NC1=O.CC(C)C[C@@H](NC(=O)C(C)(C)NC(=O)OC(C)(C)C)C(=O)NC1Cc2cccc(N)c2NC1=O. The van der Waals surface area contributed by atoms with E-state index in [1.165, 1.54) is 13.8 Å². The van der Waals surface area contributed by atoms with Gasteiger partial charge in [-0.15, -0.1) is 0 Å². The number of rotatable bonds is 11. The first-order valence-corrected chi connectivity index (χ1v) is 18.5. The Morgan fingerprint density at radius 2 is 1.22 bits per heavy atom. The summed E-state index contributed by atoms with van der Waals surface area (Å²) in [7, 11) is 0. The van der Waals surface area contributed by atoms with Crippen LogP contribution >= 0.6 is 0 Å². The molecule has 2 aromatic rings. The fraction of sp³-hybridized carbons (Fsp3) is 0.538. The Morgan fingerprint density at radius 3 is 1.65 bits per heavy atom. The Balaban J connectivity index is 0.000000330. The number of ether oxygens (including phenoxy) is 1. The van der Waals surface area contributed by atoms with E-state index in [0.29, 0.717) is 47.9 Å². The number of fused-ring (bicyclic) bond motifs is 2. The van der Waals surface area contributed by atoms with Crippen molar-refractivity contribution in [3.8, 4) is 0 Å². The van der Waals surface area contributed by atoms with E-state index in [4.69, 9.17) is 21.9 Å². The Kier molecular flexibility index (Phi) is 14.6. The zero-order chi connectivity index (χ0) is 41.4. The zero-order valence-electron chi connectivity index (χ0n) is 33.3. The largest absolute Gasteiger partial charge is 0.444 e. The summed E-state index contributed by atoms with van der Waals surface area (Å²) in [5.74, 6) is -1.56. The first-order chi connectivity index (χ1) is 25.5. The van der Waals surface area contributed by atoms with E-state index in [-0.39, 0.29) is 30.1 Å². The molecule has 302 valence electrons. The van der Waals surface area contributed by atoms with Crippen LogP contribution in [0, 0.1) is 11.8 Å². The smallest absolute Gasteiger partial charge is 0.408 e. The Morgan fingerprint density at radius 1 is 0.764 bits per heavy atom. The third-order valence-electron chi connectivity index (χ3n) is 8.75. The van der Waals surface area contributed by atoms with Crippen molar-refractivity contribution in [3.63, 3.8) is 0 Å². The molecule has 0 aromatic heterocycles. The summed E-state index contributed by atoms with van der Waals surface area (Å²) in [5, 5.41) is 16.2. The molecule has 16 heteroatoms. The maximum absolute atomic E-state index is 13.1. The molecular formula is C39H59N9O7. The Hall–Kier alpha value is -5.38. The number of hydrogen-bond acceptors (Lipinski definition) is 10. The molecule has 55 heavy (non-hydrogen) atoms. The first kappa shape index (κ1) is 44.0. The molecule has 0 fully saturated rings. The van der Waals surface area contributed by atoms with Crippen molar-refractivity contribution in [2.45, 2.75) is 123 Å². The zero-order valence-corrected chi connectivity index (χ0v) is 33.3. The van der Waals surface area contributed by atoms with Crippen LogP contribution in [0.15, 0.2) is 36.4 Å². The second kappa shape index (κ2) is 18.3. The predicted octanol–water partition coefficient (Wildman–Crippen LogP) is 2.70. The van der Waals surface area contributed by atoms with E-state index in [0.717, 1.165) is 11.1 Å². The average molecular weight is 766 g/mol. The van der Waals surface area contributed by atoms with Crippen molar-refractivity contribution in [1.82, 2.24) is 21.3 Å². The summed E-state index contributed by atoms with van der Waals surface area (Å²) in [6.07, 6.45) is 0.898. The highest BCUT2D eigenvalue weighted by Gasteiger charge is 2.36. The van der Waals surface area contributed by atoms with E-state index in [1.54, 1.807) is 39.0 Å². The van der Waals surface area contributed by atoms with Gasteiger partial charge in [-0.05, 0) is 82.6 Å². The molecule has 0 spiro atoms. The molecule has 6 amide bonds. The highest BCUT2D eigenvalue weighted by molar-refractivity contribution is 6.04. The third kappa shape index (κ3) is 12.9. The van der Waals surface area contributed by atoms with Crippen LogP contribution in [-0.4, -0.2) is 70.9 Å². The minimum absolute atomic E-state index is 0.0821. The van der Waals surface area contributed by atoms with Crippen molar-refractivity contribution in [1.29, 1.82) is 0 Å². The van der Waals surface area contributed by atoms with Gasteiger partial charge in [0.1, 0.15) is 29.3 Å². The monoisotopic (exact) mass is 765 g/mol. The summed E-state index contributed by atoms with van der Waals surface area (Å²) < 4.78 is 5.23. The van der Waals surface area contributed by atoms with Gasteiger partial charge in [0.25, 0.3) is 0 Å². The van der Waals surface area contributed by atoms with Crippen molar-refractivity contribution >= 4 is 58.4 Å². The third-order valence-corrected chi connectivity index (χ3v) is 8.75. The van der Waals surface area contributed by atoms with Crippen molar-refractivity contribution in [3.05, 3.63) is 47.5 Å². The van der Waals surface area contributed by atoms with Gasteiger partial charge in [0.05, 0.1) is 28.8 Å². The molecule has 12 N–H and O–H groups in total. The second-order valence-corrected chi connectivity index (χ2v) is 16.4. The van der Waals surface area contributed by atoms with Gasteiger partial charge in [0.2, 0.25) is 29.5 Å². The number of carbonyl (C=O) groups excluding carboxylic acids is 6. The van der Waals surface area contributed by atoms with Gasteiger partial charge >= 0.3 is 6.09 Å². The number of carbonyl (C=O) groups is 6. The maximum atomic E-state index is 13.1. The number of benzene rings is 2. The molecule has 0 saturated carbocycles. The van der Waals surface area contributed by atoms with Gasteiger partial charge < -0.3 is 53.8 Å². The van der Waals surface area contributed by atoms with Crippen molar-refractivity contribution < 1.29 is 33.5 Å². The standard InChI is InChI=1S/C24H37N5O5.C15H22N4O2/c1-13(2)11-16(27-21(32)24(6,7)29-22(33)34-23(3,4)5)19(30)26-17-12-14-9-8-10-15(25)18(14)28-20(17)31;1-8(2)6-11(17)14(20)18-12-7-9-4-3-5-10(16)13(9)19-15(12)21/h8-10,13,16-17H,11-12,25H2,1-7H3,(H,26,30)(H,27,32)(H,28,31)(H,29,33);3-5,8,11-12H,6-7,16-17H2,1-2H3,(H,18,20)(H,19,21)/t16-,17?;11-,12?/m11/s1. The lowest BCUT2D eigenvalue weighted by atomic mass is 9.96. The highest BCUT2D eigenvalue weighted by Crippen LogP contribution is 2.29. The minimum atomic E-state index is -1.34.